The van der Waals surface area contributed by atoms with Gasteiger partial charge in [0.15, 0.2) is 0 Å². The first kappa shape index (κ1) is 17.0. The predicted octanol–water partition coefficient (Wildman–Crippen LogP) is 3.36. The van der Waals surface area contributed by atoms with Gasteiger partial charge in [-0.1, -0.05) is 42.5 Å². The Morgan fingerprint density at radius 3 is 2.48 bits per heavy atom. The van der Waals surface area contributed by atoms with E-state index >= 15 is 0 Å². The normalized spacial score (nSPS) is 11.8. The van der Waals surface area contributed by atoms with E-state index in [1.807, 2.05) is 43.3 Å². The molecule has 0 spiro atoms. The average Bonchev–Trinajstić information content (AvgIpc) is 2.55. The molecule has 1 unspecified atom stereocenters. The van der Waals surface area contributed by atoms with Crippen molar-refractivity contribution < 1.29 is 9.90 Å². The number of carbonyl (C=O) groups excluding carboxylic acids is 1. The van der Waals surface area contributed by atoms with Crippen LogP contribution < -0.4 is 10.6 Å². The molecule has 4 heteroatoms. The van der Waals surface area contributed by atoms with E-state index in [1.54, 1.807) is 0 Å². The number of aliphatic hydroxyl groups excluding tert-OH is 1. The molecule has 0 aromatic heterocycles. The summed E-state index contributed by atoms with van der Waals surface area (Å²) in [5, 5.41) is 15.1. The van der Waals surface area contributed by atoms with Crippen LogP contribution in [-0.2, 0) is 13.2 Å². The lowest BCUT2D eigenvalue weighted by Crippen LogP contribution is -2.37. The maximum absolute atomic E-state index is 12.1. The highest BCUT2D eigenvalue weighted by molar-refractivity contribution is 5.74. The zero-order valence-corrected chi connectivity index (χ0v) is 13.9. The van der Waals surface area contributed by atoms with E-state index in [0.29, 0.717) is 6.54 Å². The Morgan fingerprint density at radius 2 is 1.78 bits per heavy atom. The van der Waals surface area contributed by atoms with Crippen LogP contribution in [0.2, 0.25) is 0 Å². The minimum Gasteiger partial charge on any atom is -0.392 e. The number of rotatable bonds is 5. The Kier molecular flexibility index (Phi) is 5.77. The van der Waals surface area contributed by atoms with Gasteiger partial charge in [-0.2, -0.15) is 0 Å². The second kappa shape index (κ2) is 7.79. The lowest BCUT2D eigenvalue weighted by Gasteiger charge is -2.18. The van der Waals surface area contributed by atoms with Crippen molar-refractivity contribution in [3.8, 4) is 0 Å². The van der Waals surface area contributed by atoms with Gasteiger partial charge in [-0.15, -0.1) is 0 Å². The Bertz CT molecular complexity index is 683. The van der Waals surface area contributed by atoms with Crippen LogP contribution >= 0.6 is 0 Å². The molecule has 2 rings (SSSR count). The van der Waals surface area contributed by atoms with E-state index in [9.17, 15) is 9.90 Å². The third kappa shape index (κ3) is 4.33. The van der Waals surface area contributed by atoms with Gasteiger partial charge in [0.2, 0.25) is 0 Å². The zero-order valence-electron chi connectivity index (χ0n) is 13.9. The van der Waals surface area contributed by atoms with Gasteiger partial charge in [-0.25, -0.2) is 4.79 Å². The fraction of sp³-hybridized carbons (Fsp3) is 0.316. The lowest BCUT2D eigenvalue weighted by atomic mass is 9.98. The van der Waals surface area contributed by atoms with E-state index in [2.05, 4.69) is 30.5 Å². The fourth-order valence-corrected chi connectivity index (χ4v) is 2.63. The maximum atomic E-state index is 12.1. The number of benzene rings is 2. The Hall–Kier alpha value is -2.33. The van der Waals surface area contributed by atoms with Crippen LogP contribution in [0.1, 0.15) is 40.8 Å². The number of amides is 2. The molecule has 3 N–H and O–H groups in total. The summed E-state index contributed by atoms with van der Waals surface area (Å²) >= 11 is 0. The maximum Gasteiger partial charge on any atom is 0.315 e. The van der Waals surface area contributed by atoms with E-state index in [1.165, 1.54) is 11.1 Å². The standard InChI is InChI=1S/C19H24N2O2/c1-13-7-6-10-18(14(13)2)15(3)21-19(23)20-11-16-8-4-5-9-17(16)12-22/h4-10,15,22H,11-12H2,1-3H3,(H2,20,21,23). The van der Waals surface area contributed by atoms with Crippen molar-refractivity contribution >= 4 is 6.03 Å². The third-order valence-electron chi connectivity index (χ3n) is 4.19. The number of aryl methyl sites for hydroxylation is 1. The molecule has 0 saturated heterocycles. The molecule has 0 aliphatic heterocycles. The number of nitrogens with one attached hydrogen (secondary N) is 2. The first-order valence-electron chi connectivity index (χ1n) is 7.81. The summed E-state index contributed by atoms with van der Waals surface area (Å²) in [6.45, 7) is 6.47. The molecule has 0 aliphatic carbocycles. The largest absolute Gasteiger partial charge is 0.392 e. The molecule has 4 nitrogen and oxygen atoms in total. The topological polar surface area (TPSA) is 61.4 Å². The molecule has 0 fully saturated rings. The second-order valence-electron chi connectivity index (χ2n) is 5.76. The first-order valence-corrected chi connectivity index (χ1v) is 7.81. The van der Waals surface area contributed by atoms with Crippen molar-refractivity contribution in [3.05, 3.63) is 70.3 Å². The van der Waals surface area contributed by atoms with E-state index in [0.717, 1.165) is 16.7 Å². The molecular formula is C19H24N2O2. The monoisotopic (exact) mass is 312 g/mol. The molecule has 23 heavy (non-hydrogen) atoms. The highest BCUT2D eigenvalue weighted by Gasteiger charge is 2.12. The van der Waals surface area contributed by atoms with Crippen molar-refractivity contribution in [1.82, 2.24) is 10.6 Å². The van der Waals surface area contributed by atoms with E-state index in [-0.39, 0.29) is 18.7 Å². The lowest BCUT2D eigenvalue weighted by molar-refractivity contribution is 0.237. The molecule has 0 heterocycles. The van der Waals surface area contributed by atoms with Crippen molar-refractivity contribution in [3.63, 3.8) is 0 Å². The molecule has 2 aromatic carbocycles. The second-order valence-corrected chi connectivity index (χ2v) is 5.76. The van der Waals surface area contributed by atoms with Crippen LogP contribution in [-0.4, -0.2) is 11.1 Å². The molecule has 0 saturated carbocycles. The number of carbonyl (C=O) groups is 1. The van der Waals surface area contributed by atoms with Gasteiger partial charge in [0, 0.05) is 6.54 Å². The Balaban J connectivity index is 1.95. The summed E-state index contributed by atoms with van der Waals surface area (Å²) in [6, 6.07) is 13.4. The van der Waals surface area contributed by atoms with Crippen LogP contribution in [0.4, 0.5) is 4.79 Å². The SMILES string of the molecule is Cc1cccc(C(C)NC(=O)NCc2ccccc2CO)c1C. The van der Waals surface area contributed by atoms with Crippen molar-refractivity contribution in [2.45, 2.75) is 40.0 Å². The molecule has 122 valence electrons. The molecular weight excluding hydrogens is 288 g/mol. The number of hydrogen-bond donors (Lipinski definition) is 3. The predicted molar refractivity (Wildman–Crippen MR) is 92.1 cm³/mol. The molecule has 2 aromatic rings. The van der Waals surface area contributed by atoms with Gasteiger partial charge in [0.25, 0.3) is 0 Å². The van der Waals surface area contributed by atoms with Gasteiger partial charge in [-0.3, -0.25) is 0 Å². The van der Waals surface area contributed by atoms with E-state index < -0.39 is 0 Å². The highest BCUT2D eigenvalue weighted by atomic mass is 16.3. The Labute approximate surface area is 137 Å². The zero-order chi connectivity index (χ0) is 16.8. The van der Waals surface area contributed by atoms with E-state index in [4.69, 9.17) is 0 Å². The van der Waals surface area contributed by atoms with Gasteiger partial charge < -0.3 is 15.7 Å². The first-order chi connectivity index (χ1) is 11.0. The molecule has 1 atom stereocenters. The van der Waals surface area contributed by atoms with Crippen LogP contribution in [0, 0.1) is 13.8 Å². The summed E-state index contributed by atoms with van der Waals surface area (Å²) in [4.78, 5) is 12.1. The summed E-state index contributed by atoms with van der Waals surface area (Å²) < 4.78 is 0. The summed E-state index contributed by atoms with van der Waals surface area (Å²) in [7, 11) is 0. The minimum absolute atomic E-state index is 0.0294. The van der Waals surface area contributed by atoms with Gasteiger partial charge in [-0.05, 0) is 48.6 Å². The van der Waals surface area contributed by atoms with Crippen LogP contribution in [0.3, 0.4) is 0 Å². The minimum atomic E-state index is -0.217. The summed E-state index contributed by atoms with van der Waals surface area (Å²) in [6.07, 6.45) is 0. The molecule has 0 bridgehead atoms. The third-order valence-corrected chi connectivity index (χ3v) is 4.19. The smallest absolute Gasteiger partial charge is 0.315 e. The summed E-state index contributed by atoms with van der Waals surface area (Å²) in [5.74, 6) is 0. The quantitative estimate of drug-likeness (QED) is 0.793. The van der Waals surface area contributed by atoms with Crippen LogP contribution in [0.15, 0.2) is 42.5 Å². The molecule has 0 aliphatic rings. The van der Waals surface area contributed by atoms with Gasteiger partial charge in [0.1, 0.15) is 0 Å². The van der Waals surface area contributed by atoms with Gasteiger partial charge >= 0.3 is 6.03 Å². The van der Waals surface area contributed by atoms with Gasteiger partial charge in [0.05, 0.1) is 12.6 Å². The average molecular weight is 312 g/mol. The van der Waals surface area contributed by atoms with Crippen LogP contribution in [0.25, 0.3) is 0 Å². The highest BCUT2D eigenvalue weighted by Crippen LogP contribution is 2.19. The summed E-state index contributed by atoms with van der Waals surface area (Å²) in [5.41, 5.74) is 5.29. The van der Waals surface area contributed by atoms with Crippen LogP contribution in [0.5, 0.6) is 0 Å². The molecule has 0 radical (unpaired) electrons. The number of hydrogen-bond acceptors (Lipinski definition) is 2. The van der Waals surface area contributed by atoms with Crippen molar-refractivity contribution in [2.75, 3.05) is 0 Å². The Morgan fingerprint density at radius 1 is 1.09 bits per heavy atom. The fourth-order valence-electron chi connectivity index (χ4n) is 2.63. The van der Waals surface area contributed by atoms with Crippen molar-refractivity contribution in [2.24, 2.45) is 0 Å². The molecule has 2 amide bonds. The van der Waals surface area contributed by atoms with Crippen molar-refractivity contribution in [1.29, 1.82) is 0 Å². The number of aliphatic hydroxyl groups is 1. The number of urea groups is 1.